The monoisotopic (exact) mass is 330 g/mol. The highest BCUT2D eigenvalue weighted by atomic mass is 16.5. The summed E-state index contributed by atoms with van der Waals surface area (Å²) < 4.78 is 5.01. The summed E-state index contributed by atoms with van der Waals surface area (Å²) in [5, 5.41) is 2.88. The first-order valence-electron chi connectivity index (χ1n) is 8.46. The zero-order chi connectivity index (χ0) is 17.2. The molecule has 0 unspecified atom stereocenters. The molecule has 6 heteroatoms. The molecular weight excluding hydrogens is 308 g/mol. The fraction of sp³-hybridized carbons (Fsp3) is 0.500. The van der Waals surface area contributed by atoms with Crippen LogP contribution >= 0.6 is 0 Å². The predicted octanol–water partition coefficient (Wildman–Crippen LogP) is 2.11. The lowest BCUT2D eigenvalue weighted by Gasteiger charge is -2.33. The number of amides is 3. The minimum atomic E-state index is -0.973. The lowest BCUT2D eigenvalue weighted by molar-refractivity contribution is -0.144. The number of nitrogens with zero attached hydrogens (tertiary/aromatic N) is 1. The number of imide groups is 1. The average Bonchev–Trinajstić information content (AvgIpc) is 2.82. The van der Waals surface area contributed by atoms with Crippen molar-refractivity contribution >= 4 is 17.9 Å². The molecule has 1 fully saturated rings. The Hall–Kier alpha value is -2.37. The van der Waals surface area contributed by atoms with Crippen molar-refractivity contribution in [3.63, 3.8) is 0 Å². The van der Waals surface area contributed by atoms with E-state index in [1.807, 2.05) is 31.2 Å². The molecule has 1 aliphatic carbocycles. The second-order valence-electron chi connectivity index (χ2n) is 6.27. The van der Waals surface area contributed by atoms with Crippen LogP contribution in [0.1, 0.15) is 43.7 Å². The fourth-order valence-corrected chi connectivity index (χ4v) is 3.51. The van der Waals surface area contributed by atoms with E-state index in [2.05, 4.69) is 5.32 Å². The number of ether oxygens (including phenoxy) is 1. The SMILES string of the molecule is CCCOC(=O)CCN1C(=O)N[C@@]2(CCCc3ccccc32)C1=O. The maximum atomic E-state index is 13.0. The number of fused-ring (bicyclic) bond motifs is 2. The van der Waals surface area contributed by atoms with Gasteiger partial charge in [0.2, 0.25) is 0 Å². The topological polar surface area (TPSA) is 75.7 Å². The van der Waals surface area contributed by atoms with Gasteiger partial charge in [-0.1, -0.05) is 31.2 Å². The van der Waals surface area contributed by atoms with Gasteiger partial charge in [0.05, 0.1) is 13.0 Å². The Bertz CT molecular complexity index is 673. The van der Waals surface area contributed by atoms with Crippen molar-refractivity contribution in [2.45, 2.75) is 44.6 Å². The minimum absolute atomic E-state index is 0.0247. The summed E-state index contributed by atoms with van der Waals surface area (Å²) in [5.41, 5.74) is 1.01. The first-order chi connectivity index (χ1) is 11.6. The van der Waals surface area contributed by atoms with Crippen LogP contribution in [0.15, 0.2) is 24.3 Å². The molecule has 0 radical (unpaired) electrons. The third-order valence-corrected chi connectivity index (χ3v) is 4.66. The van der Waals surface area contributed by atoms with E-state index >= 15 is 0 Å². The van der Waals surface area contributed by atoms with Crippen molar-refractivity contribution in [3.8, 4) is 0 Å². The summed E-state index contributed by atoms with van der Waals surface area (Å²) in [6.45, 7) is 2.32. The Kier molecular flexibility index (Phi) is 4.55. The van der Waals surface area contributed by atoms with Crippen molar-refractivity contribution in [1.82, 2.24) is 10.2 Å². The second kappa shape index (κ2) is 6.63. The van der Waals surface area contributed by atoms with E-state index in [1.54, 1.807) is 0 Å². The third kappa shape index (κ3) is 2.77. The summed E-state index contributed by atoms with van der Waals surface area (Å²) >= 11 is 0. The van der Waals surface area contributed by atoms with Gasteiger partial charge in [0.1, 0.15) is 5.54 Å². The van der Waals surface area contributed by atoms with Crippen LogP contribution in [0.4, 0.5) is 4.79 Å². The number of aryl methyl sites for hydroxylation is 1. The van der Waals surface area contributed by atoms with Gasteiger partial charge in [-0.15, -0.1) is 0 Å². The number of esters is 1. The maximum Gasteiger partial charge on any atom is 0.325 e. The van der Waals surface area contributed by atoms with E-state index in [-0.39, 0.29) is 24.8 Å². The van der Waals surface area contributed by atoms with Crippen LogP contribution in [0.2, 0.25) is 0 Å². The van der Waals surface area contributed by atoms with Crippen molar-refractivity contribution in [1.29, 1.82) is 0 Å². The van der Waals surface area contributed by atoms with E-state index < -0.39 is 11.6 Å². The van der Waals surface area contributed by atoms with Gasteiger partial charge < -0.3 is 10.1 Å². The standard InChI is InChI=1S/C18H22N2O4/c1-2-12-24-15(21)9-11-20-16(22)18(19-17(20)23)10-5-7-13-6-3-4-8-14(13)18/h3-4,6,8H,2,5,7,9-12H2,1H3,(H,19,23)/t18-/m1/s1. The number of nitrogens with one attached hydrogen (secondary N) is 1. The van der Waals surface area contributed by atoms with Gasteiger partial charge >= 0.3 is 12.0 Å². The molecule has 1 heterocycles. The molecule has 1 aliphatic heterocycles. The molecule has 1 spiro atoms. The van der Waals surface area contributed by atoms with Crippen LogP contribution in [0.3, 0.4) is 0 Å². The fourth-order valence-electron chi connectivity index (χ4n) is 3.51. The van der Waals surface area contributed by atoms with Crippen molar-refractivity contribution in [2.24, 2.45) is 0 Å². The lowest BCUT2D eigenvalue weighted by atomic mass is 9.76. The zero-order valence-corrected chi connectivity index (χ0v) is 13.8. The molecule has 0 bridgehead atoms. The number of hydrogen-bond acceptors (Lipinski definition) is 4. The summed E-state index contributed by atoms with van der Waals surface area (Å²) in [6, 6.07) is 7.31. The van der Waals surface area contributed by atoms with Gasteiger partial charge in [-0.05, 0) is 36.8 Å². The van der Waals surface area contributed by atoms with E-state index in [9.17, 15) is 14.4 Å². The Balaban J connectivity index is 1.77. The molecule has 1 atom stereocenters. The first-order valence-corrected chi connectivity index (χ1v) is 8.46. The minimum Gasteiger partial charge on any atom is -0.466 e. The molecular formula is C18H22N2O4. The molecule has 3 rings (SSSR count). The molecule has 1 aromatic rings. The number of carbonyl (C=O) groups excluding carboxylic acids is 3. The Morgan fingerprint density at radius 2 is 2.12 bits per heavy atom. The molecule has 0 saturated carbocycles. The Labute approximate surface area is 141 Å². The van der Waals surface area contributed by atoms with Crippen LogP contribution in [0.5, 0.6) is 0 Å². The molecule has 24 heavy (non-hydrogen) atoms. The average molecular weight is 330 g/mol. The van der Waals surface area contributed by atoms with Gasteiger partial charge in [-0.2, -0.15) is 0 Å². The normalized spacial score (nSPS) is 22.5. The molecule has 6 nitrogen and oxygen atoms in total. The van der Waals surface area contributed by atoms with Crippen LogP contribution in [-0.2, 0) is 26.3 Å². The Morgan fingerprint density at radius 3 is 2.92 bits per heavy atom. The van der Waals surface area contributed by atoms with Crippen molar-refractivity contribution < 1.29 is 19.1 Å². The first kappa shape index (κ1) is 16.5. The summed E-state index contributed by atoms with van der Waals surface area (Å²) in [5.74, 6) is -0.648. The highest BCUT2D eigenvalue weighted by Gasteiger charge is 2.53. The van der Waals surface area contributed by atoms with Crippen LogP contribution in [0, 0.1) is 0 Å². The lowest BCUT2D eigenvalue weighted by Crippen LogP contribution is -2.46. The summed E-state index contributed by atoms with van der Waals surface area (Å²) in [7, 11) is 0. The smallest absolute Gasteiger partial charge is 0.325 e. The molecule has 3 amide bonds. The number of rotatable bonds is 5. The van der Waals surface area contributed by atoms with Gasteiger partial charge in [0.25, 0.3) is 5.91 Å². The third-order valence-electron chi connectivity index (χ3n) is 4.66. The highest BCUT2D eigenvalue weighted by molar-refractivity contribution is 6.08. The van der Waals surface area contributed by atoms with Gasteiger partial charge in [-0.3, -0.25) is 14.5 Å². The van der Waals surface area contributed by atoms with E-state index in [0.717, 1.165) is 35.3 Å². The molecule has 128 valence electrons. The van der Waals surface area contributed by atoms with Crippen molar-refractivity contribution in [3.05, 3.63) is 35.4 Å². The molecule has 0 aromatic heterocycles. The van der Waals surface area contributed by atoms with Crippen LogP contribution < -0.4 is 5.32 Å². The van der Waals surface area contributed by atoms with E-state index in [4.69, 9.17) is 4.74 Å². The predicted molar refractivity (Wildman–Crippen MR) is 87.2 cm³/mol. The van der Waals surface area contributed by atoms with Gasteiger partial charge in [0, 0.05) is 6.54 Å². The number of benzene rings is 1. The number of hydrogen-bond donors (Lipinski definition) is 1. The molecule has 1 aromatic carbocycles. The highest BCUT2D eigenvalue weighted by Crippen LogP contribution is 2.39. The largest absolute Gasteiger partial charge is 0.466 e. The summed E-state index contributed by atoms with van der Waals surface area (Å²) in [6.07, 6.45) is 3.11. The van der Waals surface area contributed by atoms with Crippen molar-refractivity contribution in [2.75, 3.05) is 13.2 Å². The number of carbonyl (C=O) groups is 3. The Morgan fingerprint density at radius 1 is 1.33 bits per heavy atom. The number of urea groups is 1. The van der Waals surface area contributed by atoms with Gasteiger partial charge in [0.15, 0.2) is 0 Å². The molecule has 1 saturated heterocycles. The quantitative estimate of drug-likeness (QED) is 0.663. The molecule has 1 N–H and O–H groups in total. The molecule has 2 aliphatic rings. The summed E-state index contributed by atoms with van der Waals surface area (Å²) in [4.78, 5) is 38.1. The maximum absolute atomic E-state index is 13.0. The van der Waals surface area contributed by atoms with E-state index in [1.165, 1.54) is 0 Å². The van der Waals surface area contributed by atoms with E-state index in [0.29, 0.717) is 13.0 Å². The van der Waals surface area contributed by atoms with Crippen LogP contribution in [-0.4, -0.2) is 36.0 Å². The zero-order valence-electron chi connectivity index (χ0n) is 13.8. The second-order valence-corrected chi connectivity index (χ2v) is 6.27. The van der Waals surface area contributed by atoms with Gasteiger partial charge in [-0.25, -0.2) is 4.79 Å². The van der Waals surface area contributed by atoms with Crippen LogP contribution in [0.25, 0.3) is 0 Å².